The first-order valence-electron chi connectivity index (χ1n) is 16.1. The Morgan fingerprint density at radius 1 is 0.556 bits per heavy atom. The number of ketones is 1. The van der Waals surface area contributed by atoms with E-state index in [2.05, 4.69) is 104 Å². The highest BCUT2D eigenvalue weighted by molar-refractivity contribution is 9.25. The first-order valence-corrected chi connectivity index (χ1v) is 19.2. The molecule has 242 valence electrons. The fraction of sp³-hybridized carbons (Fsp3) is 0.472. The lowest BCUT2D eigenvalue weighted by atomic mass is 9.96. The number of carbonyl (C=O) groups excluding carboxylic acids is 1. The maximum atomic E-state index is 14.5. The molecule has 0 N–H and O–H groups in total. The molecule has 0 atom stereocenters. The van der Waals surface area contributed by atoms with Crippen molar-refractivity contribution in [2.75, 3.05) is 26.4 Å². The first-order chi connectivity index (χ1) is 21.7. The average Bonchev–Trinajstić information content (AvgIpc) is 3.42. The average molecular weight is 872 g/mol. The van der Waals surface area contributed by atoms with Crippen LogP contribution in [0.1, 0.15) is 106 Å². The predicted octanol–water partition coefficient (Wildman–Crippen LogP) is 12.1. The van der Waals surface area contributed by atoms with Gasteiger partial charge in [-0.2, -0.15) is 0 Å². The summed E-state index contributed by atoms with van der Waals surface area (Å²) in [6.45, 7) is 10.9. The van der Waals surface area contributed by atoms with Crippen molar-refractivity contribution in [1.82, 2.24) is 0 Å². The van der Waals surface area contributed by atoms with Crippen molar-refractivity contribution in [3.63, 3.8) is 0 Å². The van der Waals surface area contributed by atoms with Gasteiger partial charge in [-0.3, -0.25) is 4.79 Å². The fourth-order valence-corrected chi connectivity index (χ4v) is 8.41. The van der Waals surface area contributed by atoms with Crippen LogP contribution in [0, 0.1) is 0 Å². The normalized spacial score (nSPS) is 13.7. The van der Waals surface area contributed by atoms with E-state index in [0.29, 0.717) is 60.6 Å². The van der Waals surface area contributed by atoms with E-state index in [1.54, 1.807) is 0 Å². The molecule has 0 unspecified atom stereocenters. The minimum Gasteiger partial charge on any atom is -0.490 e. The van der Waals surface area contributed by atoms with Crippen LogP contribution in [0.4, 0.5) is 0 Å². The van der Waals surface area contributed by atoms with E-state index in [1.165, 1.54) is 0 Å². The Balaban J connectivity index is 1.67. The highest BCUT2D eigenvalue weighted by Crippen LogP contribution is 2.65. The zero-order valence-electron chi connectivity index (χ0n) is 26.3. The molecule has 0 heterocycles. The molecular formula is C36H40Br4O5. The molecule has 3 aromatic carbocycles. The summed E-state index contributed by atoms with van der Waals surface area (Å²) < 4.78 is 25.8. The zero-order valence-corrected chi connectivity index (χ0v) is 32.7. The molecule has 0 aliphatic heterocycles. The number of hydrogen-bond acceptors (Lipinski definition) is 5. The van der Waals surface area contributed by atoms with Crippen molar-refractivity contribution in [2.45, 2.75) is 82.3 Å². The maximum absolute atomic E-state index is 14.5. The van der Waals surface area contributed by atoms with Crippen LogP contribution in [-0.4, -0.2) is 32.2 Å². The van der Waals surface area contributed by atoms with Gasteiger partial charge in [0.1, 0.15) is 3.23 Å². The van der Waals surface area contributed by atoms with Gasteiger partial charge in [0.05, 0.1) is 26.4 Å². The molecule has 0 radical (unpaired) electrons. The van der Waals surface area contributed by atoms with E-state index in [9.17, 15) is 4.79 Å². The summed E-state index contributed by atoms with van der Waals surface area (Å²) in [7, 11) is 0. The van der Waals surface area contributed by atoms with Gasteiger partial charge in [-0.25, -0.2) is 0 Å². The van der Waals surface area contributed by atoms with E-state index in [1.807, 2.05) is 12.1 Å². The number of carbonyl (C=O) groups is 1. The summed E-state index contributed by atoms with van der Waals surface area (Å²) in [5.74, 6) is 2.65. The lowest BCUT2D eigenvalue weighted by molar-refractivity contribution is 0.104. The summed E-state index contributed by atoms with van der Waals surface area (Å²) in [5.41, 5.74) is 6.66. The van der Waals surface area contributed by atoms with Crippen molar-refractivity contribution in [2.24, 2.45) is 0 Å². The van der Waals surface area contributed by atoms with Crippen LogP contribution in [-0.2, 0) is 3.23 Å². The molecule has 0 amide bonds. The van der Waals surface area contributed by atoms with Gasteiger partial charge in [-0.05, 0) is 98.5 Å². The molecule has 0 saturated carbocycles. The Hall–Kier alpha value is -1.55. The van der Waals surface area contributed by atoms with Crippen LogP contribution >= 0.6 is 63.7 Å². The number of benzene rings is 3. The highest BCUT2D eigenvalue weighted by Gasteiger charge is 2.48. The van der Waals surface area contributed by atoms with Crippen molar-refractivity contribution < 1.29 is 23.7 Å². The van der Waals surface area contributed by atoms with Crippen LogP contribution in [0.3, 0.4) is 0 Å². The Morgan fingerprint density at radius 2 is 0.956 bits per heavy atom. The van der Waals surface area contributed by atoms with Gasteiger partial charge in [0.25, 0.3) is 0 Å². The van der Waals surface area contributed by atoms with Gasteiger partial charge in [0.15, 0.2) is 28.8 Å². The summed E-state index contributed by atoms with van der Waals surface area (Å²) in [5, 5.41) is 0. The molecule has 5 rings (SSSR count). The second-order valence-electron chi connectivity index (χ2n) is 11.5. The Morgan fingerprint density at radius 3 is 1.42 bits per heavy atom. The smallest absolute Gasteiger partial charge is 0.194 e. The molecule has 0 fully saturated rings. The minimum absolute atomic E-state index is 0.0418. The van der Waals surface area contributed by atoms with Crippen LogP contribution < -0.4 is 18.9 Å². The quantitative estimate of drug-likeness (QED) is 0.0829. The van der Waals surface area contributed by atoms with Gasteiger partial charge in [-0.1, -0.05) is 85.2 Å². The number of halogens is 4. The van der Waals surface area contributed by atoms with Crippen LogP contribution in [0.5, 0.6) is 23.0 Å². The van der Waals surface area contributed by atoms with Crippen molar-refractivity contribution >= 4 is 69.5 Å². The van der Waals surface area contributed by atoms with Crippen molar-refractivity contribution in [3.05, 3.63) is 55.5 Å². The monoisotopic (exact) mass is 868 g/mol. The van der Waals surface area contributed by atoms with Gasteiger partial charge in [0, 0.05) is 36.8 Å². The molecule has 9 heteroatoms. The standard InChI is InChI=1S/C36H40Br4O5/c1-5-9-13-42-25-17-21-22(18-26(25)43-14-10-6-2)35(41)31-29(21)33(37)34(38)30-23-19-27(44-15-11-7-3)28(45-16-12-8-4)20-24(23)36(39,40)32(30)31/h17-20H,5-16H2,1-4H3. The third-order valence-corrected chi connectivity index (χ3v) is 12.0. The lowest BCUT2D eigenvalue weighted by Crippen LogP contribution is -2.13. The summed E-state index contributed by atoms with van der Waals surface area (Å²) in [6, 6.07) is 7.96. The second-order valence-corrected chi connectivity index (χ2v) is 16.6. The number of ether oxygens (including phenoxy) is 4. The van der Waals surface area contributed by atoms with Gasteiger partial charge in [-0.15, -0.1) is 0 Å². The minimum atomic E-state index is -0.832. The van der Waals surface area contributed by atoms with Crippen LogP contribution in [0.25, 0.3) is 22.3 Å². The second kappa shape index (κ2) is 15.1. The lowest BCUT2D eigenvalue weighted by Gasteiger charge is -2.21. The molecule has 3 aromatic rings. The largest absolute Gasteiger partial charge is 0.490 e. The first kappa shape index (κ1) is 34.8. The molecule has 2 aliphatic rings. The van der Waals surface area contributed by atoms with Gasteiger partial charge in [0.2, 0.25) is 0 Å². The molecule has 0 bridgehead atoms. The third-order valence-electron chi connectivity index (χ3n) is 8.23. The summed E-state index contributed by atoms with van der Waals surface area (Å²) in [4.78, 5) is 14.5. The number of alkyl halides is 2. The van der Waals surface area contributed by atoms with Crippen LogP contribution in [0.2, 0.25) is 0 Å². The Kier molecular flexibility index (Phi) is 11.7. The van der Waals surface area contributed by atoms with Gasteiger partial charge >= 0.3 is 0 Å². The molecule has 0 aromatic heterocycles. The van der Waals surface area contributed by atoms with Crippen molar-refractivity contribution in [1.29, 1.82) is 0 Å². The molecule has 0 saturated heterocycles. The molecular weight excluding hydrogens is 832 g/mol. The number of hydrogen-bond donors (Lipinski definition) is 0. The Bertz CT molecular complexity index is 1580. The predicted molar refractivity (Wildman–Crippen MR) is 196 cm³/mol. The maximum Gasteiger partial charge on any atom is 0.194 e. The number of fused-ring (bicyclic) bond motifs is 7. The van der Waals surface area contributed by atoms with Crippen molar-refractivity contribution in [3.8, 4) is 45.3 Å². The third kappa shape index (κ3) is 6.62. The molecule has 0 spiro atoms. The van der Waals surface area contributed by atoms with E-state index < -0.39 is 3.23 Å². The SMILES string of the molecule is CCCCOc1cc2c(cc1OCCCC)-c1c(Br)c(Br)c3c(c1C2=O)C(Br)(Br)c1cc(OCCCC)c(OCCCC)cc1-3. The zero-order chi connectivity index (χ0) is 32.3. The Labute approximate surface area is 300 Å². The molecule has 5 nitrogen and oxygen atoms in total. The van der Waals surface area contributed by atoms with E-state index >= 15 is 0 Å². The molecule has 45 heavy (non-hydrogen) atoms. The topological polar surface area (TPSA) is 54.0 Å². The summed E-state index contributed by atoms with van der Waals surface area (Å²) >= 11 is 15.9. The molecule has 2 aliphatic carbocycles. The van der Waals surface area contributed by atoms with E-state index in [0.717, 1.165) is 93.7 Å². The summed E-state index contributed by atoms with van der Waals surface area (Å²) in [6.07, 6.45) is 7.88. The van der Waals surface area contributed by atoms with Crippen LogP contribution in [0.15, 0.2) is 33.2 Å². The van der Waals surface area contributed by atoms with Gasteiger partial charge < -0.3 is 18.9 Å². The highest BCUT2D eigenvalue weighted by atomic mass is 79.9. The fourth-order valence-electron chi connectivity index (χ4n) is 5.74. The number of rotatable bonds is 16. The van der Waals surface area contributed by atoms with E-state index in [4.69, 9.17) is 18.9 Å². The number of unbranched alkanes of at least 4 members (excludes halogenated alkanes) is 4. The van der Waals surface area contributed by atoms with E-state index in [-0.39, 0.29) is 5.78 Å².